The molecule has 2 N–H and O–H groups in total. The second-order valence-corrected chi connectivity index (χ2v) is 8.93. The highest BCUT2D eigenvalue weighted by Gasteiger charge is 2.33. The minimum atomic E-state index is 0.0582. The molecule has 0 amide bonds. The Labute approximate surface area is 157 Å². The first-order valence-corrected chi connectivity index (χ1v) is 10.5. The Morgan fingerprint density at radius 1 is 1.00 bits per heavy atom. The Bertz CT molecular complexity index is 745. The number of alkyl halides is 1. The van der Waals surface area contributed by atoms with Crippen molar-refractivity contribution >= 4 is 28.2 Å². The first kappa shape index (κ1) is 16.5. The molecule has 1 aromatic rings. The standard InChI is InChI=1S/C21H25IO2/c1-12-17(22)10-13-6-2-4-8-15(13)19(12)20-16-9-5-3-7-14(16)11-18(23)21(20)24/h10-12,17,23-24H,2-9H2,1H3/t12?,17-/m0/s1. The quantitative estimate of drug-likeness (QED) is 0.338. The molecule has 1 fully saturated rings. The minimum Gasteiger partial charge on any atom is -0.504 e. The Morgan fingerprint density at radius 2 is 1.71 bits per heavy atom. The molecular weight excluding hydrogens is 411 g/mol. The second kappa shape index (κ2) is 6.40. The van der Waals surface area contributed by atoms with Gasteiger partial charge in [-0.05, 0) is 91.2 Å². The number of hydrogen-bond donors (Lipinski definition) is 2. The van der Waals surface area contributed by atoms with Crippen LogP contribution in [-0.2, 0) is 12.8 Å². The van der Waals surface area contributed by atoms with E-state index >= 15 is 0 Å². The van der Waals surface area contributed by atoms with E-state index in [2.05, 4.69) is 35.6 Å². The number of allylic oxidation sites excluding steroid dienone is 4. The summed E-state index contributed by atoms with van der Waals surface area (Å²) in [6, 6.07) is 1.80. The summed E-state index contributed by atoms with van der Waals surface area (Å²) in [5.74, 6) is 0.546. The van der Waals surface area contributed by atoms with Gasteiger partial charge in [-0.25, -0.2) is 0 Å². The van der Waals surface area contributed by atoms with E-state index in [1.807, 2.05) is 0 Å². The smallest absolute Gasteiger partial charge is 0.165 e. The van der Waals surface area contributed by atoms with E-state index in [1.165, 1.54) is 53.5 Å². The lowest BCUT2D eigenvalue weighted by molar-refractivity contribution is 0.399. The molecule has 1 aromatic carbocycles. The molecule has 3 heteroatoms. The van der Waals surface area contributed by atoms with Gasteiger partial charge in [0.25, 0.3) is 0 Å². The van der Waals surface area contributed by atoms with Gasteiger partial charge in [-0.2, -0.15) is 0 Å². The van der Waals surface area contributed by atoms with Gasteiger partial charge in [0.15, 0.2) is 11.5 Å². The predicted molar refractivity (Wildman–Crippen MR) is 107 cm³/mol. The molecule has 1 saturated carbocycles. The van der Waals surface area contributed by atoms with Crippen LogP contribution < -0.4 is 0 Å². The second-order valence-electron chi connectivity index (χ2n) is 7.49. The van der Waals surface area contributed by atoms with Crippen LogP contribution >= 0.6 is 22.6 Å². The number of aryl methyl sites for hydroxylation is 1. The molecule has 4 rings (SSSR count). The molecule has 0 aliphatic heterocycles. The van der Waals surface area contributed by atoms with E-state index in [0.29, 0.717) is 9.84 Å². The van der Waals surface area contributed by atoms with E-state index in [0.717, 1.165) is 31.2 Å². The molecule has 3 aliphatic rings. The molecule has 0 radical (unpaired) electrons. The monoisotopic (exact) mass is 436 g/mol. The van der Waals surface area contributed by atoms with E-state index in [1.54, 1.807) is 6.07 Å². The Balaban J connectivity index is 1.98. The summed E-state index contributed by atoms with van der Waals surface area (Å²) in [7, 11) is 0. The Hall–Kier alpha value is -0.970. The third-order valence-corrected chi connectivity index (χ3v) is 7.44. The summed E-state index contributed by atoms with van der Waals surface area (Å²) in [6.45, 7) is 2.28. The topological polar surface area (TPSA) is 40.5 Å². The van der Waals surface area contributed by atoms with Gasteiger partial charge in [-0.15, -0.1) is 0 Å². The average molecular weight is 436 g/mol. The molecule has 128 valence electrons. The highest BCUT2D eigenvalue weighted by Crippen LogP contribution is 2.51. The van der Waals surface area contributed by atoms with Crippen molar-refractivity contribution in [3.8, 4) is 11.5 Å². The maximum atomic E-state index is 10.8. The van der Waals surface area contributed by atoms with Crippen molar-refractivity contribution in [3.63, 3.8) is 0 Å². The zero-order valence-electron chi connectivity index (χ0n) is 14.2. The van der Waals surface area contributed by atoms with Crippen LogP contribution in [0.2, 0.25) is 0 Å². The molecule has 0 spiro atoms. The lowest BCUT2D eigenvalue weighted by Crippen LogP contribution is -2.22. The number of halogens is 1. The fraction of sp³-hybridized carbons (Fsp3) is 0.524. The summed E-state index contributed by atoms with van der Waals surface area (Å²) >= 11 is 2.54. The van der Waals surface area contributed by atoms with Crippen LogP contribution in [0.3, 0.4) is 0 Å². The molecule has 1 unspecified atom stereocenters. The predicted octanol–water partition coefficient (Wildman–Crippen LogP) is 5.68. The summed E-state index contributed by atoms with van der Waals surface area (Å²) in [4.78, 5) is 0. The zero-order valence-corrected chi connectivity index (χ0v) is 16.4. The zero-order chi connectivity index (χ0) is 16.8. The minimum absolute atomic E-state index is 0.0582. The highest BCUT2D eigenvalue weighted by atomic mass is 127. The SMILES string of the molecule is CC1C(c2c(O)c(O)cc3c2CCCC3)=C2CCCCC2=C[C@@H]1I. The lowest BCUT2D eigenvalue weighted by Gasteiger charge is -2.35. The van der Waals surface area contributed by atoms with E-state index < -0.39 is 0 Å². The molecular formula is C21H25IO2. The van der Waals surface area contributed by atoms with Crippen LogP contribution in [-0.4, -0.2) is 14.1 Å². The van der Waals surface area contributed by atoms with Crippen molar-refractivity contribution in [3.05, 3.63) is 40.0 Å². The summed E-state index contributed by atoms with van der Waals surface area (Å²) in [6.07, 6.45) is 11.6. The number of fused-ring (bicyclic) bond motifs is 2. The number of hydrogen-bond acceptors (Lipinski definition) is 2. The summed E-state index contributed by atoms with van der Waals surface area (Å²) in [5.41, 5.74) is 7.76. The van der Waals surface area contributed by atoms with Gasteiger partial charge in [0.1, 0.15) is 0 Å². The average Bonchev–Trinajstić information content (AvgIpc) is 2.58. The van der Waals surface area contributed by atoms with Crippen molar-refractivity contribution in [1.29, 1.82) is 0 Å². The van der Waals surface area contributed by atoms with Gasteiger partial charge in [-0.1, -0.05) is 35.6 Å². The number of benzene rings is 1. The van der Waals surface area contributed by atoms with Gasteiger partial charge >= 0.3 is 0 Å². The molecule has 0 bridgehead atoms. The number of rotatable bonds is 1. The summed E-state index contributed by atoms with van der Waals surface area (Å²) < 4.78 is 0.454. The van der Waals surface area contributed by atoms with Crippen molar-refractivity contribution in [2.75, 3.05) is 0 Å². The van der Waals surface area contributed by atoms with E-state index in [4.69, 9.17) is 0 Å². The molecule has 0 aromatic heterocycles. The first-order chi connectivity index (χ1) is 11.6. The molecule has 0 saturated heterocycles. The lowest BCUT2D eigenvalue weighted by atomic mass is 9.72. The molecule has 24 heavy (non-hydrogen) atoms. The first-order valence-electron chi connectivity index (χ1n) is 9.23. The van der Waals surface area contributed by atoms with Crippen molar-refractivity contribution < 1.29 is 10.2 Å². The fourth-order valence-corrected chi connectivity index (χ4v) is 5.53. The normalized spacial score (nSPS) is 26.7. The van der Waals surface area contributed by atoms with Crippen LogP contribution in [0.15, 0.2) is 23.3 Å². The van der Waals surface area contributed by atoms with Crippen molar-refractivity contribution in [1.82, 2.24) is 0 Å². The van der Waals surface area contributed by atoms with Gasteiger partial charge < -0.3 is 10.2 Å². The van der Waals surface area contributed by atoms with Gasteiger partial charge in [0.2, 0.25) is 0 Å². The number of phenolic OH excluding ortho intramolecular Hbond substituents is 2. The molecule has 2 atom stereocenters. The Kier molecular flexibility index (Phi) is 4.40. The molecule has 3 aliphatic carbocycles. The maximum Gasteiger partial charge on any atom is 0.165 e. The van der Waals surface area contributed by atoms with E-state index in [9.17, 15) is 10.2 Å². The molecule has 2 nitrogen and oxygen atoms in total. The Morgan fingerprint density at radius 3 is 2.54 bits per heavy atom. The van der Waals surface area contributed by atoms with Gasteiger partial charge in [-0.3, -0.25) is 0 Å². The number of phenols is 2. The highest BCUT2D eigenvalue weighted by molar-refractivity contribution is 14.1. The third kappa shape index (κ3) is 2.59. The largest absolute Gasteiger partial charge is 0.504 e. The van der Waals surface area contributed by atoms with Crippen molar-refractivity contribution in [2.45, 2.75) is 62.2 Å². The van der Waals surface area contributed by atoms with Crippen LogP contribution in [0.25, 0.3) is 5.57 Å². The maximum absolute atomic E-state index is 10.8. The van der Waals surface area contributed by atoms with Gasteiger partial charge in [0, 0.05) is 9.49 Å². The van der Waals surface area contributed by atoms with Crippen LogP contribution in [0, 0.1) is 5.92 Å². The fourth-order valence-electron chi connectivity index (χ4n) is 4.74. The van der Waals surface area contributed by atoms with Crippen molar-refractivity contribution in [2.24, 2.45) is 5.92 Å². The van der Waals surface area contributed by atoms with E-state index in [-0.39, 0.29) is 11.5 Å². The third-order valence-electron chi connectivity index (χ3n) is 6.00. The number of aromatic hydroxyl groups is 2. The van der Waals surface area contributed by atoms with Crippen LogP contribution in [0.1, 0.15) is 62.1 Å². The van der Waals surface area contributed by atoms with Crippen LogP contribution in [0.5, 0.6) is 11.5 Å². The molecule has 0 heterocycles. The van der Waals surface area contributed by atoms with Gasteiger partial charge in [0.05, 0.1) is 0 Å². The summed E-state index contributed by atoms with van der Waals surface area (Å²) in [5, 5.41) is 21.1. The van der Waals surface area contributed by atoms with Crippen LogP contribution in [0.4, 0.5) is 0 Å².